The van der Waals surface area contributed by atoms with Gasteiger partial charge in [-0.05, 0) is 44.0 Å². The number of hydrogen-bond acceptors (Lipinski definition) is 5. The molecule has 0 spiro atoms. The maximum absolute atomic E-state index is 11.3. The summed E-state index contributed by atoms with van der Waals surface area (Å²) in [5.41, 5.74) is 6.03. The van der Waals surface area contributed by atoms with E-state index in [4.69, 9.17) is 5.73 Å². The van der Waals surface area contributed by atoms with Crippen molar-refractivity contribution >= 4 is 25.9 Å². The Morgan fingerprint density at radius 3 is 2.30 bits per heavy atom. The fourth-order valence-electron chi connectivity index (χ4n) is 2.72. The third-order valence-corrected chi connectivity index (χ3v) is 4.67. The van der Waals surface area contributed by atoms with Gasteiger partial charge >= 0.3 is 0 Å². The highest BCUT2D eigenvalue weighted by molar-refractivity contribution is 7.53. The van der Waals surface area contributed by atoms with Crippen LogP contribution in [0, 0.1) is 11.8 Å². The number of quaternary nitrogens is 2. The molecule has 10 heteroatoms. The Kier molecular flexibility index (Phi) is 13.3. The van der Waals surface area contributed by atoms with Crippen LogP contribution in [-0.2, 0) is 9.36 Å². The average Bonchev–Trinajstić information content (AvgIpc) is 2.25. The van der Waals surface area contributed by atoms with E-state index in [-0.39, 0.29) is 54.3 Å². The smallest absolute Gasteiger partial charge is 0.217 e. The van der Waals surface area contributed by atoms with E-state index in [1.54, 1.807) is 0 Å². The summed E-state index contributed by atoms with van der Waals surface area (Å²) in [6.45, 7) is 5.55. The van der Waals surface area contributed by atoms with Crippen LogP contribution in [-0.4, -0.2) is 18.0 Å². The molecule has 3 atom stereocenters. The molecule has 0 fully saturated rings. The van der Waals surface area contributed by atoms with Crippen LogP contribution in [0.15, 0.2) is 11.4 Å². The van der Waals surface area contributed by atoms with E-state index in [0.29, 0.717) is 12.3 Å². The zero-order valence-corrected chi connectivity index (χ0v) is 16.3. The summed E-state index contributed by atoms with van der Waals surface area (Å²) >= 11 is 0. The maximum Gasteiger partial charge on any atom is 0.217 e. The van der Waals surface area contributed by atoms with E-state index in [0.717, 1.165) is 6.42 Å². The Morgan fingerprint density at radius 1 is 1.43 bits per heavy atom. The van der Waals surface area contributed by atoms with Crippen molar-refractivity contribution in [1.82, 2.24) is 17.6 Å². The quantitative estimate of drug-likeness (QED) is 0.525. The lowest BCUT2D eigenvalue weighted by atomic mass is 9.80. The lowest BCUT2D eigenvalue weighted by Gasteiger charge is -2.41. The zero-order chi connectivity index (χ0) is 15.5. The van der Waals surface area contributed by atoms with Gasteiger partial charge < -0.3 is 37.7 Å². The summed E-state index contributed by atoms with van der Waals surface area (Å²) < 4.78 is 11.0. The molecule has 0 heterocycles. The summed E-state index contributed by atoms with van der Waals surface area (Å²) in [5.74, 6) is 0.210. The molecule has 0 aromatic heterocycles. The van der Waals surface area contributed by atoms with Gasteiger partial charge in [-0.15, -0.1) is 12.4 Å². The Morgan fingerprint density at radius 2 is 1.96 bits per heavy atom. The second-order valence-corrected chi connectivity index (χ2v) is 7.47. The third-order valence-electron chi connectivity index (χ3n) is 3.60. The minimum Gasteiger partial charge on any atom is -0.808 e. The summed E-state index contributed by atoms with van der Waals surface area (Å²) in [5, 5.41) is 2.79. The van der Waals surface area contributed by atoms with Crippen molar-refractivity contribution in [3.63, 3.8) is 0 Å². The first kappa shape index (κ1) is 27.4. The number of allylic oxidation sites excluding steroid dienone is 1. The minimum atomic E-state index is -4.70. The number of halogens is 1. The van der Waals surface area contributed by atoms with Gasteiger partial charge in [0.1, 0.15) is 0 Å². The van der Waals surface area contributed by atoms with Crippen molar-refractivity contribution < 1.29 is 19.1 Å². The highest BCUT2D eigenvalue weighted by Gasteiger charge is 2.31. The molecule has 0 aliphatic heterocycles. The minimum absolute atomic E-state index is 0. The molecule has 140 valence electrons. The standard InChI is InChI=1S/C13H25N2O4P.ClH.2H3N/c1-8(2)6-13(15-9(3)16)11-5-4-10(7-12(11)14)20(17,18)19;;;/h4,8,11-13H,5-7,14H2,1-3H3,(H,15,16)(H2,17,18,19);1H;2*1H3. The van der Waals surface area contributed by atoms with Gasteiger partial charge in [0.05, 0.1) is 0 Å². The van der Waals surface area contributed by atoms with Crippen molar-refractivity contribution in [3.05, 3.63) is 11.4 Å². The van der Waals surface area contributed by atoms with Crippen LogP contribution >= 0.6 is 20.0 Å². The Bertz CT molecular complexity index is 442. The van der Waals surface area contributed by atoms with E-state index in [1.165, 1.54) is 13.0 Å². The molecule has 1 aliphatic carbocycles. The van der Waals surface area contributed by atoms with Crippen molar-refractivity contribution in [3.8, 4) is 0 Å². The van der Waals surface area contributed by atoms with E-state index in [9.17, 15) is 19.1 Å². The van der Waals surface area contributed by atoms with Gasteiger partial charge in [0, 0.05) is 19.0 Å². The lowest BCUT2D eigenvalue weighted by molar-refractivity contribution is -0.310. The van der Waals surface area contributed by atoms with Gasteiger partial charge in [-0.2, -0.15) is 0 Å². The van der Waals surface area contributed by atoms with Crippen LogP contribution < -0.4 is 33.1 Å². The largest absolute Gasteiger partial charge is 0.808 e. The molecule has 0 saturated heterocycles. The molecule has 0 bridgehead atoms. The second kappa shape index (κ2) is 11.1. The van der Waals surface area contributed by atoms with Gasteiger partial charge in [-0.1, -0.05) is 19.9 Å². The zero-order valence-electron chi connectivity index (χ0n) is 14.6. The summed E-state index contributed by atoms with van der Waals surface area (Å²) in [6, 6.07) is -0.528. The van der Waals surface area contributed by atoms with Crippen LogP contribution in [0.4, 0.5) is 0 Å². The third kappa shape index (κ3) is 8.81. The number of nitrogens with two attached hydrogens (primary N) is 1. The first-order chi connectivity index (χ1) is 9.11. The molecule has 3 unspecified atom stereocenters. The first-order valence-electron chi connectivity index (χ1n) is 6.85. The molecule has 23 heavy (non-hydrogen) atoms. The van der Waals surface area contributed by atoms with Gasteiger partial charge in [0.2, 0.25) is 5.91 Å². The van der Waals surface area contributed by atoms with E-state index >= 15 is 0 Å². The maximum atomic E-state index is 11.3. The Hall–Kier alpha value is -0.470. The fourth-order valence-corrected chi connectivity index (χ4v) is 3.48. The summed E-state index contributed by atoms with van der Waals surface area (Å²) in [7, 11) is -4.70. The molecule has 0 aromatic rings. The highest BCUT2D eigenvalue weighted by atomic mass is 35.5. The van der Waals surface area contributed by atoms with Crippen molar-refractivity contribution in [1.29, 1.82) is 0 Å². The first-order valence-corrected chi connectivity index (χ1v) is 8.39. The monoisotopic (exact) mass is 374 g/mol. The van der Waals surface area contributed by atoms with Crippen molar-refractivity contribution in [2.45, 2.75) is 52.1 Å². The van der Waals surface area contributed by atoms with Crippen LogP contribution in [0.3, 0.4) is 0 Å². The molecular weight excluding hydrogens is 343 g/mol. The van der Waals surface area contributed by atoms with E-state index in [2.05, 4.69) is 5.32 Å². The number of hydrogen-bond donors (Lipinski definition) is 4. The summed E-state index contributed by atoms with van der Waals surface area (Å²) in [6.07, 6.45) is 2.70. The lowest BCUT2D eigenvalue weighted by Crippen LogP contribution is -2.48. The van der Waals surface area contributed by atoms with Crippen LogP contribution in [0.25, 0.3) is 0 Å². The molecule has 1 rings (SSSR count). The molecular formula is C13H32ClN4O4P. The topological polar surface area (TPSA) is 191 Å². The SMILES string of the molecule is CC(=O)NC(CC(C)C)C1CC=C(P(=O)([O-])[O-])CC1N.Cl.[NH4+].[NH4+]. The average molecular weight is 375 g/mol. The fraction of sp³-hybridized carbons (Fsp3) is 0.769. The molecule has 1 aliphatic rings. The molecule has 11 N–H and O–H groups in total. The molecule has 0 aromatic carbocycles. The van der Waals surface area contributed by atoms with Crippen molar-refractivity contribution in [2.75, 3.05) is 0 Å². The molecule has 0 radical (unpaired) electrons. The second-order valence-electron chi connectivity index (χ2n) is 5.90. The van der Waals surface area contributed by atoms with E-state index in [1.807, 2.05) is 13.8 Å². The molecule has 8 nitrogen and oxygen atoms in total. The number of carbonyl (C=O) groups excluding carboxylic acids is 1. The number of nitrogens with one attached hydrogen (secondary N) is 1. The van der Waals surface area contributed by atoms with Gasteiger partial charge in [0.15, 0.2) is 0 Å². The predicted molar refractivity (Wildman–Crippen MR) is 92.7 cm³/mol. The summed E-state index contributed by atoms with van der Waals surface area (Å²) in [4.78, 5) is 33.4. The Labute approximate surface area is 144 Å². The molecule has 1 amide bonds. The van der Waals surface area contributed by atoms with Crippen molar-refractivity contribution in [2.24, 2.45) is 17.6 Å². The Balaban J connectivity index is -0.00000133. The van der Waals surface area contributed by atoms with Crippen LogP contribution in [0.5, 0.6) is 0 Å². The predicted octanol–water partition coefficient (Wildman–Crippen LogP) is 1.25. The number of rotatable bonds is 5. The van der Waals surface area contributed by atoms with Gasteiger partial charge in [-0.3, -0.25) is 4.79 Å². The van der Waals surface area contributed by atoms with E-state index < -0.39 is 13.6 Å². The van der Waals surface area contributed by atoms with Gasteiger partial charge in [0.25, 0.3) is 0 Å². The number of carbonyl (C=O) groups is 1. The van der Waals surface area contributed by atoms with Crippen LogP contribution in [0.1, 0.15) is 40.0 Å². The number of amides is 1. The normalized spacial score (nSPS) is 22.0. The van der Waals surface area contributed by atoms with Crippen LogP contribution in [0.2, 0.25) is 0 Å². The highest BCUT2D eigenvalue weighted by Crippen LogP contribution is 2.43. The van der Waals surface area contributed by atoms with Gasteiger partial charge in [-0.25, -0.2) is 0 Å². The molecule has 0 saturated carbocycles.